The maximum atomic E-state index is 13.0. The van der Waals surface area contributed by atoms with Crippen molar-refractivity contribution in [3.63, 3.8) is 0 Å². The number of aromatic nitrogens is 4. The third-order valence-electron chi connectivity index (χ3n) is 4.54. The van der Waals surface area contributed by atoms with Crippen molar-refractivity contribution in [2.45, 2.75) is 25.2 Å². The van der Waals surface area contributed by atoms with E-state index in [9.17, 15) is 4.79 Å². The van der Waals surface area contributed by atoms with Crippen LogP contribution in [0.15, 0.2) is 82.6 Å². The Kier molecular flexibility index (Phi) is 6.24. The molecule has 7 nitrogen and oxygen atoms in total. The molecule has 0 aliphatic carbocycles. The number of furan rings is 1. The fourth-order valence-corrected chi connectivity index (χ4v) is 3.75. The van der Waals surface area contributed by atoms with E-state index < -0.39 is 0 Å². The van der Waals surface area contributed by atoms with E-state index in [1.807, 2.05) is 73.7 Å². The van der Waals surface area contributed by atoms with E-state index in [-0.39, 0.29) is 11.7 Å². The lowest BCUT2D eigenvalue weighted by atomic mass is 10.2. The standard InChI is InChI=1S/C22H21N5O2S/c1-17-9-11-19(12-10-17)27-22(23-24-25-27)30-16-21(28)26(15-20-8-5-13-29-20)14-18-6-3-2-4-7-18/h2-13H,14-16H2,1H3. The first-order chi connectivity index (χ1) is 14.7. The first-order valence-electron chi connectivity index (χ1n) is 9.51. The highest BCUT2D eigenvalue weighted by Gasteiger charge is 2.18. The summed E-state index contributed by atoms with van der Waals surface area (Å²) in [5.74, 6) is 0.951. The molecule has 0 saturated heterocycles. The van der Waals surface area contributed by atoms with Gasteiger partial charge in [-0.2, -0.15) is 4.68 Å². The molecular formula is C22H21N5O2S. The summed E-state index contributed by atoms with van der Waals surface area (Å²) in [5.41, 5.74) is 3.08. The molecule has 4 aromatic rings. The summed E-state index contributed by atoms with van der Waals surface area (Å²) in [4.78, 5) is 14.8. The largest absolute Gasteiger partial charge is 0.467 e. The van der Waals surface area contributed by atoms with Gasteiger partial charge in [0.1, 0.15) is 5.76 Å². The van der Waals surface area contributed by atoms with Gasteiger partial charge in [-0.05, 0) is 47.2 Å². The zero-order valence-corrected chi connectivity index (χ0v) is 17.3. The zero-order chi connectivity index (χ0) is 20.8. The highest BCUT2D eigenvalue weighted by molar-refractivity contribution is 7.99. The van der Waals surface area contributed by atoms with Crippen LogP contribution in [0.25, 0.3) is 5.69 Å². The molecule has 0 unspecified atom stereocenters. The van der Waals surface area contributed by atoms with Crippen LogP contribution < -0.4 is 0 Å². The second kappa shape index (κ2) is 9.41. The number of amides is 1. The summed E-state index contributed by atoms with van der Waals surface area (Å²) in [6, 6.07) is 21.5. The Labute approximate surface area is 178 Å². The van der Waals surface area contributed by atoms with Gasteiger partial charge in [0.05, 0.1) is 24.2 Å². The molecule has 152 valence electrons. The molecule has 0 spiro atoms. The minimum Gasteiger partial charge on any atom is -0.467 e. The minimum atomic E-state index is -0.0151. The Hall–Kier alpha value is -3.39. The molecule has 2 heterocycles. The minimum absolute atomic E-state index is 0.0151. The van der Waals surface area contributed by atoms with Crippen LogP contribution in [-0.2, 0) is 17.9 Å². The van der Waals surface area contributed by atoms with E-state index in [0.717, 1.165) is 22.6 Å². The number of nitrogens with zero attached hydrogens (tertiary/aromatic N) is 5. The van der Waals surface area contributed by atoms with Crippen LogP contribution in [0.1, 0.15) is 16.9 Å². The normalized spacial score (nSPS) is 10.8. The number of benzene rings is 2. The fraction of sp³-hybridized carbons (Fsp3) is 0.182. The number of carbonyl (C=O) groups is 1. The molecule has 0 aliphatic rings. The van der Waals surface area contributed by atoms with Crippen LogP contribution in [0.4, 0.5) is 0 Å². The third-order valence-corrected chi connectivity index (χ3v) is 5.44. The maximum absolute atomic E-state index is 13.0. The summed E-state index contributed by atoms with van der Waals surface area (Å²) >= 11 is 1.32. The van der Waals surface area contributed by atoms with Crippen molar-refractivity contribution in [3.8, 4) is 5.69 Å². The van der Waals surface area contributed by atoms with Gasteiger partial charge in [0, 0.05) is 6.54 Å². The maximum Gasteiger partial charge on any atom is 0.233 e. The molecule has 0 radical (unpaired) electrons. The quantitative estimate of drug-likeness (QED) is 0.403. The van der Waals surface area contributed by atoms with Gasteiger partial charge in [0.15, 0.2) is 0 Å². The second-order valence-corrected chi connectivity index (χ2v) is 7.75. The average Bonchev–Trinajstić information content (AvgIpc) is 3.45. The van der Waals surface area contributed by atoms with Gasteiger partial charge < -0.3 is 9.32 Å². The summed E-state index contributed by atoms with van der Waals surface area (Å²) < 4.78 is 7.10. The first-order valence-corrected chi connectivity index (χ1v) is 10.5. The summed E-state index contributed by atoms with van der Waals surface area (Å²) in [5, 5.41) is 12.5. The SMILES string of the molecule is Cc1ccc(-n2nnnc2SCC(=O)N(Cc2ccccc2)Cc2ccco2)cc1. The molecule has 0 fully saturated rings. The topological polar surface area (TPSA) is 77.1 Å². The monoisotopic (exact) mass is 419 g/mol. The molecule has 0 N–H and O–H groups in total. The molecule has 1 amide bonds. The van der Waals surface area contributed by atoms with Crippen molar-refractivity contribution in [1.82, 2.24) is 25.1 Å². The molecule has 0 aliphatic heterocycles. The molecule has 4 rings (SSSR count). The van der Waals surface area contributed by atoms with Crippen molar-refractivity contribution in [2.75, 3.05) is 5.75 Å². The van der Waals surface area contributed by atoms with Crippen LogP contribution in [-0.4, -0.2) is 36.8 Å². The van der Waals surface area contributed by atoms with Gasteiger partial charge in [-0.15, -0.1) is 5.10 Å². The van der Waals surface area contributed by atoms with E-state index >= 15 is 0 Å². The van der Waals surface area contributed by atoms with E-state index in [4.69, 9.17) is 4.42 Å². The smallest absolute Gasteiger partial charge is 0.233 e. The lowest BCUT2D eigenvalue weighted by Gasteiger charge is -2.21. The van der Waals surface area contributed by atoms with Gasteiger partial charge in [-0.25, -0.2) is 0 Å². The van der Waals surface area contributed by atoms with E-state index in [2.05, 4.69) is 15.5 Å². The van der Waals surface area contributed by atoms with Gasteiger partial charge in [0.25, 0.3) is 0 Å². The number of carbonyl (C=O) groups excluding carboxylic acids is 1. The van der Waals surface area contributed by atoms with E-state index in [1.54, 1.807) is 15.8 Å². The number of thioether (sulfide) groups is 1. The number of aryl methyl sites for hydroxylation is 1. The summed E-state index contributed by atoms with van der Waals surface area (Å²) in [6.07, 6.45) is 1.62. The molecule has 30 heavy (non-hydrogen) atoms. The summed E-state index contributed by atoms with van der Waals surface area (Å²) in [6.45, 7) is 2.94. The Morgan fingerprint density at radius 2 is 1.83 bits per heavy atom. The van der Waals surface area contributed by atoms with Crippen LogP contribution in [0.3, 0.4) is 0 Å². The van der Waals surface area contributed by atoms with Crippen molar-refractivity contribution in [1.29, 1.82) is 0 Å². The first kappa shape index (κ1) is 19.9. The van der Waals surface area contributed by atoms with Gasteiger partial charge in [-0.1, -0.05) is 59.8 Å². The van der Waals surface area contributed by atoms with Crippen molar-refractivity contribution >= 4 is 17.7 Å². The van der Waals surface area contributed by atoms with Crippen molar-refractivity contribution in [3.05, 3.63) is 89.9 Å². The van der Waals surface area contributed by atoms with Gasteiger partial charge in [0.2, 0.25) is 11.1 Å². The highest BCUT2D eigenvalue weighted by atomic mass is 32.2. The Morgan fingerprint density at radius 1 is 1.03 bits per heavy atom. The van der Waals surface area contributed by atoms with Crippen LogP contribution in [0.5, 0.6) is 0 Å². The van der Waals surface area contributed by atoms with Crippen molar-refractivity contribution < 1.29 is 9.21 Å². The van der Waals surface area contributed by atoms with Crippen LogP contribution in [0, 0.1) is 6.92 Å². The number of hydrogen-bond acceptors (Lipinski definition) is 6. The second-order valence-electron chi connectivity index (χ2n) is 6.81. The Morgan fingerprint density at radius 3 is 2.57 bits per heavy atom. The third kappa shape index (κ3) is 4.96. The molecule has 0 atom stereocenters. The predicted molar refractivity (Wildman–Crippen MR) is 114 cm³/mol. The van der Waals surface area contributed by atoms with E-state index in [0.29, 0.717) is 18.2 Å². The molecular weight excluding hydrogens is 398 g/mol. The van der Waals surface area contributed by atoms with Crippen LogP contribution >= 0.6 is 11.8 Å². The van der Waals surface area contributed by atoms with Gasteiger partial charge >= 0.3 is 0 Å². The highest BCUT2D eigenvalue weighted by Crippen LogP contribution is 2.20. The zero-order valence-electron chi connectivity index (χ0n) is 16.5. The number of tetrazole rings is 1. The van der Waals surface area contributed by atoms with Crippen LogP contribution in [0.2, 0.25) is 0 Å². The lowest BCUT2D eigenvalue weighted by molar-refractivity contribution is -0.129. The Bertz CT molecular complexity index is 1080. The Balaban J connectivity index is 1.46. The molecule has 8 heteroatoms. The van der Waals surface area contributed by atoms with E-state index in [1.165, 1.54) is 11.8 Å². The lowest BCUT2D eigenvalue weighted by Crippen LogP contribution is -2.31. The predicted octanol–water partition coefficient (Wildman–Crippen LogP) is 3.88. The number of hydrogen-bond donors (Lipinski definition) is 0. The molecule has 0 bridgehead atoms. The van der Waals surface area contributed by atoms with Gasteiger partial charge in [-0.3, -0.25) is 4.79 Å². The number of rotatable bonds is 8. The average molecular weight is 420 g/mol. The molecule has 0 saturated carbocycles. The van der Waals surface area contributed by atoms with Crippen molar-refractivity contribution in [2.24, 2.45) is 0 Å². The fourth-order valence-electron chi connectivity index (χ4n) is 2.96. The molecule has 2 aromatic carbocycles. The summed E-state index contributed by atoms with van der Waals surface area (Å²) in [7, 11) is 0. The molecule has 2 aromatic heterocycles.